The average molecular weight is 159 g/mol. The molecule has 60 valence electrons. The Bertz CT molecular complexity index is 392. The molecule has 0 aromatic carbocycles. The highest BCUT2D eigenvalue weighted by Gasteiger charge is 1.99. The van der Waals surface area contributed by atoms with Crippen LogP contribution >= 0.6 is 0 Å². The molecule has 0 saturated carbocycles. The Labute approximate surface area is 70.5 Å². The fourth-order valence-electron chi connectivity index (χ4n) is 1.21. The zero-order valence-corrected chi connectivity index (χ0v) is 6.86. The van der Waals surface area contributed by atoms with Crippen molar-refractivity contribution in [2.45, 2.75) is 13.3 Å². The first kappa shape index (κ1) is 7.16. The topological polar surface area (TPSA) is 38.7 Å². The number of hydrogen-bond acceptors (Lipinski definition) is 3. The Hall–Kier alpha value is -1.51. The minimum absolute atomic E-state index is 0.872. The van der Waals surface area contributed by atoms with E-state index in [1.165, 1.54) is 0 Å². The number of nitrogens with zero attached hydrogens (tertiary/aromatic N) is 3. The Kier molecular flexibility index (Phi) is 1.70. The summed E-state index contributed by atoms with van der Waals surface area (Å²) in [5.74, 6) is 0. The van der Waals surface area contributed by atoms with Crippen molar-refractivity contribution in [3.8, 4) is 0 Å². The summed E-state index contributed by atoms with van der Waals surface area (Å²) in [6.45, 7) is 2.09. The van der Waals surface area contributed by atoms with Crippen LogP contribution in [-0.2, 0) is 6.42 Å². The predicted octanol–water partition coefficient (Wildman–Crippen LogP) is 1.59. The van der Waals surface area contributed by atoms with Gasteiger partial charge in [0.2, 0.25) is 0 Å². The van der Waals surface area contributed by atoms with Gasteiger partial charge in [-0.3, -0.25) is 4.98 Å². The molecule has 0 aliphatic heterocycles. The molecular formula is C9H9N3. The van der Waals surface area contributed by atoms with Gasteiger partial charge in [-0.05, 0) is 24.1 Å². The molecule has 0 aliphatic rings. The van der Waals surface area contributed by atoms with Gasteiger partial charge in [-0.1, -0.05) is 6.92 Å². The van der Waals surface area contributed by atoms with Gasteiger partial charge >= 0.3 is 0 Å². The Morgan fingerprint density at radius 3 is 3.17 bits per heavy atom. The lowest BCUT2D eigenvalue weighted by Crippen LogP contribution is -1.91. The van der Waals surface area contributed by atoms with Gasteiger partial charge in [-0.2, -0.15) is 5.10 Å². The summed E-state index contributed by atoms with van der Waals surface area (Å²) >= 11 is 0. The molecule has 0 bridgehead atoms. The molecule has 0 N–H and O–H groups in total. The largest absolute Gasteiger partial charge is 0.254 e. The molecule has 0 fully saturated rings. The first-order valence-electron chi connectivity index (χ1n) is 3.97. The molecule has 3 heteroatoms. The summed E-state index contributed by atoms with van der Waals surface area (Å²) in [4.78, 5) is 4.25. The average Bonchev–Trinajstić information content (AvgIpc) is 2.17. The zero-order valence-electron chi connectivity index (χ0n) is 6.86. The van der Waals surface area contributed by atoms with Gasteiger partial charge in [0.1, 0.15) is 5.52 Å². The highest BCUT2D eigenvalue weighted by Crippen LogP contribution is 2.11. The molecule has 0 unspecified atom stereocenters. The Morgan fingerprint density at radius 1 is 1.42 bits per heavy atom. The van der Waals surface area contributed by atoms with Crippen LogP contribution in [0.15, 0.2) is 24.5 Å². The van der Waals surface area contributed by atoms with Crippen LogP contribution in [0.5, 0.6) is 0 Å². The number of pyridine rings is 1. The lowest BCUT2D eigenvalue weighted by molar-refractivity contribution is 1.02. The van der Waals surface area contributed by atoms with E-state index in [-0.39, 0.29) is 0 Å². The van der Waals surface area contributed by atoms with Crippen molar-refractivity contribution in [1.29, 1.82) is 0 Å². The Balaban J connectivity index is 2.79. The highest BCUT2D eigenvalue weighted by atomic mass is 15.1. The third-order valence-electron chi connectivity index (χ3n) is 1.85. The van der Waals surface area contributed by atoms with Crippen molar-refractivity contribution in [3.05, 3.63) is 30.1 Å². The number of aromatic nitrogens is 3. The quantitative estimate of drug-likeness (QED) is 0.634. The first-order valence-corrected chi connectivity index (χ1v) is 3.97. The van der Waals surface area contributed by atoms with E-state index in [9.17, 15) is 0 Å². The van der Waals surface area contributed by atoms with Gasteiger partial charge in [0, 0.05) is 6.20 Å². The maximum atomic E-state index is 4.25. The smallest absolute Gasteiger partial charge is 0.112 e. The summed E-state index contributed by atoms with van der Waals surface area (Å²) in [5.41, 5.74) is 2.99. The standard InChI is InChI=1S/C9H9N3/c1-2-7-6-11-12-8-4-3-5-10-9(7)8/h3-6H,2H2,1H3. The molecule has 12 heavy (non-hydrogen) atoms. The highest BCUT2D eigenvalue weighted by molar-refractivity contribution is 5.76. The van der Waals surface area contributed by atoms with Gasteiger partial charge < -0.3 is 0 Å². The summed E-state index contributed by atoms with van der Waals surface area (Å²) in [6, 6.07) is 3.80. The van der Waals surface area contributed by atoms with E-state index >= 15 is 0 Å². The maximum Gasteiger partial charge on any atom is 0.112 e. The lowest BCUT2D eigenvalue weighted by atomic mass is 10.2. The van der Waals surface area contributed by atoms with Crippen LogP contribution in [0.2, 0.25) is 0 Å². The van der Waals surface area contributed by atoms with Crippen LogP contribution in [0, 0.1) is 0 Å². The molecule has 2 aromatic heterocycles. The van der Waals surface area contributed by atoms with Gasteiger partial charge in [0.25, 0.3) is 0 Å². The van der Waals surface area contributed by atoms with Crippen molar-refractivity contribution in [1.82, 2.24) is 15.2 Å². The molecule has 3 nitrogen and oxygen atoms in total. The fourth-order valence-corrected chi connectivity index (χ4v) is 1.21. The third kappa shape index (κ3) is 1.03. The predicted molar refractivity (Wildman–Crippen MR) is 46.7 cm³/mol. The van der Waals surface area contributed by atoms with Gasteiger partial charge in [-0.15, -0.1) is 5.10 Å². The van der Waals surface area contributed by atoms with Crippen molar-refractivity contribution >= 4 is 11.0 Å². The van der Waals surface area contributed by atoms with Crippen LogP contribution in [-0.4, -0.2) is 15.2 Å². The fraction of sp³-hybridized carbons (Fsp3) is 0.222. The van der Waals surface area contributed by atoms with E-state index < -0.39 is 0 Å². The van der Waals surface area contributed by atoms with Crippen LogP contribution in [0.4, 0.5) is 0 Å². The second kappa shape index (κ2) is 2.85. The number of fused-ring (bicyclic) bond motifs is 1. The summed E-state index contributed by atoms with van der Waals surface area (Å²) in [5, 5.41) is 7.87. The monoisotopic (exact) mass is 159 g/mol. The Morgan fingerprint density at radius 2 is 2.33 bits per heavy atom. The van der Waals surface area contributed by atoms with Crippen molar-refractivity contribution in [2.75, 3.05) is 0 Å². The molecule has 0 amide bonds. The van der Waals surface area contributed by atoms with Crippen LogP contribution in [0.3, 0.4) is 0 Å². The second-order valence-electron chi connectivity index (χ2n) is 2.59. The molecule has 2 aromatic rings. The van der Waals surface area contributed by atoms with Crippen LogP contribution < -0.4 is 0 Å². The van der Waals surface area contributed by atoms with E-state index in [2.05, 4.69) is 22.1 Å². The number of aryl methyl sites for hydroxylation is 1. The van der Waals surface area contributed by atoms with Gasteiger partial charge in [0.15, 0.2) is 0 Å². The first-order chi connectivity index (χ1) is 5.92. The third-order valence-corrected chi connectivity index (χ3v) is 1.85. The molecule has 0 atom stereocenters. The van der Waals surface area contributed by atoms with Crippen LogP contribution in [0.25, 0.3) is 11.0 Å². The molecule has 0 saturated heterocycles. The SMILES string of the molecule is CCc1cnnc2cccnc12. The molecule has 0 radical (unpaired) electrons. The molecular weight excluding hydrogens is 150 g/mol. The second-order valence-corrected chi connectivity index (χ2v) is 2.59. The molecule has 2 heterocycles. The van der Waals surface area contributed by atoms with Crippen molar-refractivity contribution in [2.24, 2.45) is 0 Å². The maximum absolute atomic E-state index is 4.25. The molecule has 2 rings (SSSR count). The van der Waals surface area contributed by atoms with E-state index in [4.69, 9.17) is 0 Å². The van der Waals surface area contributed by atoms with E-state index in [1.54, 1.807) is 12.4 Å². The van der Waals surface area contributed by atoms with E-state index in [1.807, 2.05) is 12.1 Å². The van der Waals surface area contributed by atoms with Crippen molar-refractivity contribution in [3.63, 3.8) is 0 Å². The zero-order chi connectivity index (χ0) is 8.39. The lowest BCUT2D eigenvalue weighted by Gasteiger charge is -1.98. The van der Waals surface area contributed by atoms with E-state index in [0.717, 1.165) is 23.0 Å². The minimum Gasteiger partial charge on any atom is -0.254 e. The normalized spacial score (nSPS) is 10.4. The number of rotatable bonds is 1. The van der Waals surface area contributed by atoms with Crippen LogP contribution in [0.1, 0.15) is 12.5 Å². The molecule has 0 spiro atoms. The summed E-state index contributed by atoms with van der Waals surface area (Å²) in [6.07, 6.45) is 4.50. The van der Waals surface area contributed by atoms with Gasteiger partial charge in [0.05, 0.1) is 11.7 Å². The molecule has 0 aliphatic carbocycles. The number of hydrogen-bond donors (Lipinski definition) is 0. The summed E-state index contributed by atoms with van der Waals surface area (Å²) in [7, 11) is 0. The van der Waals surface area contributed by atoms with Gasteiger partial charge in [-0.25, -0.2) is 0 Å². The van der Waals surface area contributed by atoms with E-state index in [0.29, 0.717) is 0 Å². The van der Waals surface area contributed by atoms with Crippen molar-refractivity contribution < 1.29 is 0 Å². The summed E-state index contributed by atoms with van der Waals surface area (Å²) < 4.78 is 0. The minimum atomic E-state index is 0.872.